The molecule has 0 saturated heterocycles. The van der Waals surface area contributed by atoms with E-state index >= 15 is 0 Å². The van der Waals surface area contributed by atoms with Crippen LogP contribution in [-0.2, 0) is 38.9 Å². The molecular weight excluding hydrogens is 1570 g/mol. The zero-order valence-electron chi connectivity index (χ0n) is 70.8. The molecule has 0 radical (unpaired) electrons. The van der Waals surface area contributed by atoms with Crippen LogP contribution in [0.5, 0.6) is 0 Å². The summed E-state index contributed by atoms with van der Waals surface area (Å²) in [5.74, 6) is 0. The van der Waals surface area contributed by atoms with Crippen molar-refractivity contribution in [2.75, 3.05) is 4.90 Å². The van der Waals surface area contributed by atoms with Crippen molar-refractivity contribution in [1.82, 2.24) is 0 Å². The lowest BCUT2D eigenvalue weighted by Crippen LogP contribution is -2.31. The van der Waals surface area contributed by atoms with Crippen LogP contribution in [0.25, 0.3) is 120 Å². The first-order chi connectivity index (χ1) is 57.2. The van der Waals surface area contributed by atoms with Gasteiger partial charge in [-0.2, -0.15) is 0 Å². The van der Waals surface area contributed by atoms with E-state index in [4.69, 9.17) is 0 Å². The number of hydrogen-bond donors (Lipinski definition) is 0. The maximum Gasteiger partial charge on any atom is 0.0540 e. The second kappa shape index (κ2) is 26.8. The third-order valence-electron chi connectivity index (χ3n) is 29.1. The number of para-hydroxylation sites is 1. The molecule has 19 aromatic carbocycles. The molecule has 3 heteroatoms. The minimum absolute atomic E-state index is 0.0217. The summed E-state index contributed by atoms with van der Waals surface area (Å²) < 4.78 is 2.31. The lowest BCUT2D eigenvalue weighted by Gasteiger charge is -2.43. The van der Waals surface area contributed by atoms with E-state index in [2.05, 4.69) is 444 Å². The normalized spacial score (nSPS) is 15.4. The Balaban J connectivity index is 0.000000104. The zero-order chi connectivity index (χ0) is 82.0. The fourth-order valence-electron chi connectivity index (χ4n) is 22.9. The summed E-state index contributed by atoms with van der Waals surface area (Å²) in [5.41, 5.74) is 36.5. The van der Waals surface area contributed by atoms with Gasteiger partial charge in [-0.15, -0.1) is 0 Å². The van der Waals surface area contributed by atoms with Gasteiger partial charge in [0, 0.05) is 46.8 Å². The van der Waals surface area contributed by atoms with Crippen LogP contribution < -0.4 is 4.90 Å². The summed E-state index contributed by atoms with van der Waals surface area (Å²) in [4.78, 5) is 2.57. The van der Waals surface area contributed by atoms with Crippen LogP contribution >= 0.6 is 31.9 Å². The lowest BCUT2D eigenvalue weighted by molar-refractivity contribution is 0.606. The molecular formula is C116H97Br2N. The predicted molar refractivity (Wildman–Crippen MR) is 517 cm³/mol. The van der Waals surface area contributed by atoms with Gasteiger partial charge < -0.3 is 4.90 Å². The number of benzene rings is 19. The Morgan fingerprint density at radius 2 is 0.622 bits per heavy atom. The number of anilines is 3. The van der Waals surface area contributed by atoms with Crippen molar-refractivity contribution in [1.29, 1.82) is 0 Å². The van der Waals surface area contributed by atoms with Crippen LogP contribution in [0.15, 0.2) is 312 Å². The molecule has 4 aliphatic carbocycles. The molecule has 5 aliphatic rings. The number of halogens is 2. The average molecular weight is 1660 g/mol. The maximum absolute atomic E-state index is 3.70. The quantitative estimate of drug-likeness (QED) is 0.126. The molecule has 0 aromatic heterocycles. The number of rotatable bonds is 3. The second-order valence-corrected chi connectivity index (χ2v) is 39.4. The summed E-state index contributed by atoms with van der Waals surface area (Å²) in [6.07, 6.45) is 1.05. The Morgan fingerprint density at radius 1 is 0.235 bits per heavy atom. The third-order valence-corrected chi connectivity index (χ3v) is 30.4. The van der Waals surface area contributed by atoms with Crippen molar-refractivity contribution >= 4 is 135 Å². The van der Waals surface area contributed by atoms with E-state index in [0.29, 0.717) is 0 Å². The molecule has 0 unspecified atom stereocenters. The molecule has 1 nitrogen and oxygen atoms in total. The average Bonchev–Trinajstić information content (AvgIpc) is 1.69. The summed E-state index contributed by atoms with van der Waals surface area (Å²) in [6.45, 7) is 35.2. The van der Waals surface area contributed by atoms with E-state index < -0.39 is 0 Å². The Kier molecular flexibility index (Phi) is 16.9. The molecule has 0 spiro atoms. The van der Waals surface area contributed by atoms with Gasteiger partial charge in [0.25, 0.3) is 0 Å². The van der Waals surface area contributed by atoms with Crippen LogP contribution in [0, 0.1) is 20.8 Å². The lowest BCUT2D eigenvalue weighted by atomic mass is 9.67. The van der Waals surface area contributed by atoms with E-state index in [1.165, 1.54) is 231 Å². The van der Waals surface area contributed by atoms with Gasteiger partial charge in [0.1, 0.15) is 0 Å². The Morgan fingerprint density at radius 3 is 1.18 bits per heavy atom. The molecule has 0 saturated carbocycles. The first-order valence-electron chi connectivity index (χ1n) is 42.6. The third kappa shape index (κ3) is 10.9. The predicted octanol–water partition coefficient (Wildman–Crippen LogP) is 32.9. The summed E-state index contributed by atoms with van der Waals surface area (Å²) in [6, 6.07) is 114. The van der Waals surface area contributed by atoms with Crippen molar-refractivity contribution in [3.05, 3.63) is 407 Å². The topological polar surface area (TPSA) is 3.24 Å². The number of nitrogens with zero attached hydrogens (tertiary/aromatic N) is 1. The standard InChI is InChI=1S/C45H35N.C26H28.C25H24.C20H10Br2/c1-26-20-21-31-30-15-11-16-33-39(23-22-32(43(30)33)29-14-10-13-27(26)42(29)31)46-40-19-9-8-18-36(40)45(4,5)38-24-34-28-12-6-7-17-35(28)44(2,3)37(34)25-41(38)46;1-17-11-7-9-13-21(17)25(3,4)23-16-20-19-12-8-10-14-22(19)26(5,6)24(20)15-18(23)2;1-24(2)20-11-7-5-9-16(20)13-17-14-23-19(15-22(17)24)18-10-6-8-12-21(18)25(23,3)4;21-17-9-8-14-12-4-2-6-16-18(22)10-7-13(20(12)16)11-3-1-5-15(17)19(11)14/h6-25H,1-5H3;7-16H,1-6H3;5-12,14-15H,13H2,1-4H3;1-10H. The molecule has 1 aliphatic heterocycles. The van der Waals surface area contributed by atoms with Gasteiger partial charge >= 0.3 is 0 Å². The highest BCUT2D eigenvalue weighted by atomic mass is 79.9. The highest BCUT2D eigenvalue weighted by molar-refractivity contribution is 9.11. The van der Waals surface area contributed by atoms with Crippen molar-refractivity contribution < 1.29 is 0 Å². The Hall–Kier alpha value is -11.5. The summed E-state index contributed by atoms with van der Waals surface area (Å²) >= 11 is 7.40. The van der Waals surface area contributed by atoms with Gasteiger partial charge in [-0.3, -0.25) is 0 Å². The summed E-state index contributed by atoms with van der Waals surface area (Å²) in [5, 5.41) is 21.2. The van der Waals surface area contributed by atoms with Gasteiger partial charge in [0.05, 0.1) is 17.1 Å². The molecule has 0 bridgehead atoms. The van der Waals surface area contributed by atoms with Crippen LogP contribution in [-0.4, -0.2) is 0 Å². The molecule has 0 amide bonds. The van der Waals surface area contributed by atoms with Crippen molar-refractivity contribution in [2.45, 2.75) is 143 Å². The molecule has 24 rings (SSSR count). The highest BCUT2D eigenvalue weighted by Crippen LogP contribution is 2.61. The fraction of sp³-hybridized carbons (Fsp3) is 0.190. The zero-order valence-corrected chi connectivity index (χ0v) is 73.9. The van der Waals surface area contributed by atoms with Crippen LogP contribution in [0.4, 0.5) is 17.1 Å². The van der Waals surface area contributed by atoms with Crippen LogP contribution in [0.1, 0.15) is 178 Å². The molecule has 0 fully saturated rings. The number of aryl methyl sites for hydroxylation is 3. The van der Waals surface area contributed by atoms with Gasteiger partial charge in [0.15, 0.2) is 0 Å². The van der Waals surface area contributed by atoms with E-state index in [1.807, 2.05) is 0 Å². The van der Waals surface area contributed by atoms with Gasteiger partial charge in [-0.05, 0) is 284 Å². The van der Waals surface area contributed by atoms with Crippen molar-refractivity contribution in [3.63, 3.8) is 0 Å². The Labute approximate surface area is 717 Å². The molecule has 1 heterocycles. The summed E-state index contributed by atoms with van der Waals surface area (Å²) in [7, 11) is 0. The van der Waals surface area contributed by atoms with E-state index in [9.17, 15) is 0 Å². The van der Waals surface area contributed by atoms with Crippen molar-refractivity contribution in [3.8, 4) is 33.4 Å². The first kappa shape index (κ1) is 75.0. The molecule has 119 heavy (non-hydrogen) atoms. The van der Waals surface area contributed by atoms with Gasteiger partial charge in [-0.25, -0.2) is 0 Å². The number of hydrogen-bond acceptors (Lipinski definition) is 1. The molecule has 580 valence electrons. The Bertz CT molecular complexity index is 7380. The minimum atomic E-state index is -0.155. The van der Waals surface area contributed by atoms with E-state index in [0.717, 1.165) is 15.4 Å². The maximum atomic E-state index is 3.70. The highest BCUT2D eigenvalue weighted by Gasteiger charge is 2.45. The van der Waals surface area contributed by atoms with Gasteiger partial charge in [-0.1, -0.05) is 370 Å². The monoisotopic (exact) mass is 1660 g/mol. The number of fused-ring (bicyclic) bond motifs is 17. The first-order valence-corrected chi connectivity index (χ1v) is 44.1. The van der Waals surface area contributed by atoms with E-state index in [-0.39, 0.29) is 32.5 Å². The largest absolute Gasteiger partial charge is 0.309 e. The molecule has 19 aromatic rings. The van der Waals surface area contributed by atoms with Crippen molar-refractivity contribution in [2.24, 2.45) is 0 Å². The van der Waals surface area contributed by atoms with Crippen LogP contribution in [0.3, 0.4) is 0 Å². The fourth-order valence-corrected chi connectivity index (χ4v) is 23.9. The second-order valence-electron chi connectivity index (χ2n) is 37.7. The smallest absolute Gasteiger partial charge is 0.0540 e. The molecule has 0 N–H and O–H groups in total. The molecule has 0 atom stereocenters. The minimum Gasteiger partial charge on any atom is -0.309 e. The van der Waals surface area contributed by atoms with Gasteiger partial charge in [0.2, 0.25) is 0 Å². The SMILES string of the molecule is Brc1ccc2c3cccc4c(Br)ccc(c5cccc1c52)c43.CC1(C)c2ccccc2Cc2cc3c(cc21)-c1ccccc1C3(C)C.Cc1ccc2c3cccc4c(N5c6ccccc6C(C)(C)c6cc7c(cc65)C(C)(C)c5ccccc5-7)ccc(c5cccc1c25)c43.Cc1ccccc1C(C)(C)c1cc2c(cc1C)C(C)(C)c1ccccc1-2. The van der Waals surface area contributed by atoms with E-state index in [1.54, 1.807) is 0 Å². The van der Waals surface area contributed by atoms with Crippen LogP contribution in [0.2, 0.25) is 0 Å².